The number of methoxy groups -OCH3 is 1. The van der Waals surface area contributed by atoms with Gasteiger partial charge in [0.2, 0.25) is 0 Å². The maximum atomic E-state index is 5.41. The number of benzene rings is 1. The monoisotopic (exact) mass is 289 g/mol. The van der Waals surface area contributed by atoms with Crippen LogP contribution in [-0.2, 0) is 6.54 Å². The normalized spacial score (nSPS) is 11.2. The molecule has 3 rings (SSSR count). The van der Waals surface area contributed by atoms with Crippen molar-refractivity contribution in [1.82, 2.24) is 14.7 Å². The van der Waals surface area contributed by atoms with Gasteiger partial charge in [0, 0.05) is 11.6 Å². The van der Waals surface area contributed by atoms with Crippen LogP contribution in [0, 0.1) is 18.6 Å². The third-order valence-electron chi connectivity index (χ3n) is 3.48. The van der Waals surface area contributed by atoms with Crippen molar-refractivity contribution in [2.75, 3.05) is 7.11 Å². The average molecular weight is 289 g/mol. The van der Waals surface area contributed by atoms with Gasteiger partial charge in [-0.1, -0.05) is 5.16 Å². The second kappa shape index (κ2) is 4.79. The van der Waals surface area contributed by atoms with Crippen molar-refractivity contribution in [3.63, 3.8) is 0 Å². The summed E-state index contributed by atoms with van der Waals surface area (Å²) in [5, 5.41) is 3.98. The molecule has 0 saturated carbocycles. The van der Waals surface area contributed by atoms with Crippen LogP contribution in [0.1, 0.15) is 17.0 Å². The lowest BCUT2D eigenvalue weighted by atomic mass is 10.2. The Morgan fingerprint density at radius 1 is 1.40 bits per heavy atom. The predicted molar refractivity (Wildman–Crippen MR) is 78.8 cm³/mol. The van der Waals surface area contributed by atoms with Crippen LogP contribution in [0.5, 0.6) is 5.75 Å². The molecule has 5 nitrogen and oxygen atoms in total. The highest BCUT2D eigenvalue weighted by molar-refractivity contribution is 7.71. The smallest absolute Gasteiger partial charge is 0.178 e. The fourth-order valence-electron chi connectivity index (χ4n) is 2.30. The van der Waals surface area contributed by atoms with Gasteiger partial charge in [-0.15, -0.1) is 0 Å². The first-order valence-electron chi connectivity index (χ1n) is 6.28. The van der Waals surface area contributed by atoms with Gasteiger partial charge in [0.05, 0.1) is 30.4 Å². The minimum atomic E-state index is 0.632. The summed E-state index contributed by atoms with van der Waals surface area (Å²) in [6, 6.07) is 5.85. The molecule has 0 aliphatic heterocycles. The molecule has 0 atom stereocenters. The van der Waals surface area contributed by atoms with Gasteiger partial charge in [0.1, 0.15) is 11.5 Å². The van der Waals surface area contributed by atoms with E-state index in [0.29, 0.717) is 11.3 Å². The zero-order valence-corrected chi connectivity index (χ0v) is 12.4. The van der Waals surface area contributed by atoms with Gasteiger partial charge < -0.3 is 18.8 Å². The Morgan fingerprint density at radius 3 is 2.85 bits per heavy atom. The molecular weight excluding hydrogens is 274 g/mol. The third kappa shape index (κ3) is 2.02. The number of imidazole rings is 1. The molecule has 2 heterocycles. The summed E-state index contributed by atoms with van der Waals surface area (Å²) in [7, 11) is 1.65. The molecule has 0 spiro atoms. The van der Waals surface area contributed by atoms with E-state index in [2.05, 4.69) is 10.1 Å². The first-order chi connectivity index (χ1) is 9.60. The molecule has 0 radical (unpaired) electrons. The Labute approximate surface area is 121 Å². The summed E-state index contributed by atoms with van der Waals surface area (Å²) in [6.45, 7) is 4.48. The number of ether oxygens (including phenoxy) is 1. The molecule has 0 fully saturated rings. The number of hydrogen-bond donors (Lipinski definition) is 1. The van der Waals surface area contributed by atoms with Crippen LogP contribution >= 0.6 is 12.2 Å². The van der Waals surface area contributed by atoms with Gasteiger partial charge in [-0.25, -0.2) is 0 Å². The average Bonchev–Trinajstić information content (AvgIpc) is 2.92. The lowest BCUT2D eigenvalue weighted by Gasteiger charge is -2.05. The largest absolute Gasteiger partial charge is 0.497 e. The zero-order valence-electron chi connectivity index (χ0n) is 11.6. The van der Waals surface area contributed by atoms with Gasteiger partial charge in [-0.05, 0) is 38.2 Å². The molecule has 20 heavy (non-hydrogen) atoms. The quantitative estimate of drug-likeness (QED) is 0.751. The number of nitrogens with one attached hydrogen (secondary N) is 1. The second-order valence-corrected chi connectivity index (χ2v) is 5.09. The third-order valence-corrected chi connectivity index (χ3v) is 3.80. The fraction of sp³-hybridized carbons (Fsp3) is 0.286. The number of H-pyrrole nitrogens is 1. The van der Waals surface area contributed by atoms with Gasteiger partial charge in [-0.3, -0.25) is 0 Å². The van der Waals surface area contributed by atoms with Crippen molar-refractivity contribution < 1.29 is 9.26 Å². The Balaban J connectivity index is 2.15. The Morgan fingerprint density at radius 2 is 2.20 bits per heavy atom. The second-order valence-electron chi connectivity index (χ2n) is 4.70. The van der Waals surface area contributed by atoms with E-state index >= 15 is 0 Å². The van der Waals surface area contributed by atoms with E-state index in [1.54, 1.807) is 7.11 Å². The first kappa shape index (κ1) is 12.9. The van der Waals surface area contributed by atoms with E-state index in [0.717, 1.165) is 33.8 Å². The number of fused-ring (bicyclic) bond motifs is 1. The van der Waals surface area contributed by atoms with Crippen molar-refractivity contribution in [1.29, 1.82) is 0 Å². The van der Waals surface area contributed by atoms with E-state index in [4.69, 9.17) is 21.5 Å². The van der Waals surface area contributed by atoms with Crippen LogP contribution < -0.4 is 4.74 Å². The highest BCUT2D eigenvalue weighted by Crippen LogP contribution is 2.23. The number of aryl methyl sites for hydroxylation is 2. The van der Waals surface area contributed by atoms with Crippen molar-refractivity contribution in [2.24, 2.45) is 0 Å². The Bertz CT molecular complexity index is 809. The zero-order chi connectivity index (χ0) is 14.3. The number of hydrogen-bond acceptors (Lipinski definition) is 4. The molecule has 0 amide bonds. The summed E-state index contributed by atoms with van der Waals surface area (Å²) in [5.41, 5.74) is 3.95. The van der Waals surface area contributed by atoms with Crippen LogP contribution in [0.15, 0.2) is 22.7 Å². The van der Waals surface area contributed by atoms with Crippen LogP contribution in [0.4, 0.5) is 0 Å². The number of rotatable bonds is 3. The molecule has 0 bridgehead atoms. The number of nitrogens with zero attached hydrogens (tertiary/aromatic N) is 2. The molecule has 0 aliphatic carbocycles. The van der Waals surface area contributed by atoms with Crippen LogP contribution in [0.3, 0.4) is 0 Å². The maximum Gasteiger partial charge on any atom is 0.178 e. The Hall–Kier alpha value is -2.08. The first-order valence-corrected chi connectivity index (χ1v) is 6.69. The molecule has 2 aromatic heterocycles. The minimum Gasteiger partial charge on any atom is -0.497 e. The Kier molecular flexibility index (Phi) is 3.10. The molecule has 0 unspecified atom stereocenters. The molecule has 0 aliphatic rings. The number of aromatic amines is 1. The molecule has 1 N–H and O–H groups in total. The van der Waals surface area contributed by atoms with Crippen molar-refractivity contribution in [2.45, 2.75) is 20.4 Å². The van der Waals surface area contributed by atoms with Gasteiger partial charge in [0.25, 0.3) is 0 Å². The summed E-state index contributed by atoms with van der Waals surface area (Å²) in [5.74, 6) is 1.63. The van der Waals surface area contributed by atoms with Gasteiger partial charge >= 0.3 is 0 Å². The van der Waals surface area contributed by atoms with Gasteiger partial charge in [-0.2, -0.15) is 0 Å². The van der Waals surface area contributed by atoms with Crippen molar-refractivity contribution >= 4 is 23.3 Å². The van der Waals surface area contributed by atoms with Crippen molar-refractivity contribution in [3.8, 4) is 5.75 Å². The van der Waals surface area contributed by atoms with Crippen LogP contribution in [0.2, 0.25) is 0 Å². The number of aromatic nitrogens is 3. The lowest BCUT2D eigenvalue weighted by Crippen LogP contribution is -2.01. The summed E-state index contributed by atoms with van der Waals surface area (Å²) in [4.78, 5) is 3.20. The maximum absolute atomic E-state index is 5.41. The van der Waals surface area contributed by atoms with E-state index in [1.807, 2.05) is 36.6 Å². The standard InChI is InChI=1S/C14H15N3O2S/c1-8-11(9(2)19-16-8)7-17-13-6-10(18-3)4-5-12(13)15-14(17)20/h4-6H,7H2,1-3H3,(H,15,20). The minimum absolute atomic E-state index is 0.632. The predicted octanol–water partition coefficient (Wildman–Crippen LogP) is 3.36. The lowest BCUT2D eigenvalue weighted by molar-refractivity contribution is 0.392. The van der Waals surface area contributed by atoms with Gasteiger partial charge in [0.15, 0.2) is 4.77 Å². The molecule has 0 saturated heterocycles. The molecule has 3 aromatic rings. The highest BCUT2D eigenvalue weighted by Gasteiger charge is 2.13. The molecule has 104 valence electrons. The fourth-order valence-corrected chi connectivity index (χ4v) is 2.58. The summed E-state index contributed by atoms with van der Waals surface area (Å²) < 4.78 is 13.2. The molecule has 1 aromatic carbocycles. The van der Waals surface area contributed by atoms with E-state index < -0.39 is 0 Å². The van der Waals surface area contributed by atoms with E-state index in [-0.39, 0.29) is 0 Å². The molecular formula is C14H15N3O2S. The van der Waals surface area contributed by atoms with E-state index in [1.165, 1.54) is 0 Å². The summed E-state index contributed by atoms with van der Waals surface area (Å²) in [6.07, 6.45) is 0. The SMILES string of the molecule is COc1ccc2[nH]c(=S)n(Cc3c(C)noc3C)c2c1. The van der Waals surface area contributed by atoms with E-state index in [9.17, 15) is 0 Å². The summed E-state index contributed by atoms with van der Waals surface area (Å²) >= 11 is 5.41. The van der Waals surface area contributed by atoms with Crippen LogP contribution in [-0.4, -0.2) is 21.8 Å². The highest BCUT2D eigenvalue weighted by atomic mass is 32.1. The van der Waals surface area contributed by atoms with Crippen LogP contribution in [0.25, 0.3) is 11.0 Å². The molecule has 6 heteroatoms. The van der Waals surface area contributed by atoms with Crippen molar-refractivity contribution in [3.05, 3.63) is 40.0 Å². The topological polar surface area (TPSA) is 56.0 Å².